The molecule has 0 bridgehead atoms. The Kier molecular flexibility index (Phi) is 3.69. The lowest BCUT2D eigenvalue weighted by molar-refractivity contribution is 0.427. The van der Waals surface area contributed by atoms with Crippen LogP contribution in [0.1, 0.15) is 11.3 Å². The smallest absolute Gasteiger partial charge is 0.230 e. The van der Waals surface area contributed by atoms with Crippen LogP contribution < -0.4 is 5.73 Å². The van der Waals surface area contributed by atoms with Crippen LogP contribution in [0.2, 0.25) is 0 Å². The van der Waals surface area contributed by atoms with E-state index in [1.165, 1.54) is 11.6 Å². The molecule has 0 saturated heterocycles. The van der Waals surface area contributed by atoms with Gasteiger partial charge in [-0.2, -0.15) is 0 Å². The van der Waals surface area contributed by atoms with Crippen LogP contribution in [0, 0.1) is 5.82 Å². The minimum absolute atomic E-state index is 0.156. The van der Waals surface area contributed by atoms with Crippen LogP contribution in [0.15, 0.2) is 59.1 Å². The van der Waals surface area contributed by atoms with Gasteiger partial charge in [-0.15, -0.1) is 0 Å². The molecule has 21 heavy (non-hydrogen) atoms. The Morgan fingerprint density at radius 2 is 1.67 bits per heavy atom. The number of hydrogen-bond acceptors (Lipinski definition) is 3. The van der Waals surface area contributed by atoms with E-state index in [2.05, 4.69) is 5.16 Å². The molecule has 0 aliphatic carbocycles. The van der Waals surface area contributed by atoms with Gasteiger partial charge >= 0.3 is 0 Å². The van der Waals surface area contributed by atoms with Crippen LogP contribution in [-0.4, -0.2) is 5.16 Å². The summed E-state index contributed by atoms with van der Waals surface area (Å²) in [6, 6.07) is 16.6. The van der Waals surface area contributed by atoms with Crippen LogP contribution in [0.4, 0.5) is 10.3 Å². The highest BCUT2D eigenvalue weighted by Gasteiger charge is 2.18. The van der Waals surface area contributed by atoms with E-state index in [9.17, 15) is 4.39 Å². The average Bonchev–Trinajstić information content (AvgIpc) is 2.88. The molecule has 3 aromatic rings. The molecule has 0 amide bonds. The van der Waals surface area contributed by atoms with E-state index in [0.717, 1.165) is 6.42 Å². The monoisotopic (exact) mass is 282 g/mol. The fourth-order valence-corrected chi connectivity index (χ4v) is 2.37. The van der Waals surface area contributed by atoms with Gasteiger partial charge in [-0.25, -0.2) is 4.39 Å². The Balaban J connectivity index is 1.89. The van der Waals surface area contributed by atoms with Crippen molar-refractivity contribution in [3.8, 4) is 11.1 Å². The Morgan fingerprint density at radius 3 is 2.43 bits per heavy atom. The Bertz CT molecular complexity index is 738. The molecule has 0 aliphatic rings. The first-order chi connectivity index (χ1) is 10.3. The van der Waals surface area contributed by atoms with Crippen molar-refractivity contribution in [1.82, 2.24) is 5.16 Å². The number of benzene rings is 2. The van der Waals surface area contributed by atoms with E-state index >= 15 is 0 Å². The van der Waals surface area contributed by atoms with E-state index in [1.807, 2.05) is 30.3 Å². The summed E-state index contributed by atoms with van der Waals surface area (Å²) in [5.41, 5.74) is 8.68. The Labute approximate surface area is 122 Å². The van der Waals surface area contributed by atoms with Crippen molar-refractivity contribution < 1.29 is 8.91 Å². The molecule has 0 saturated carbocycles. The maximum Gasteiger partial charge on any atom is 0.230 e. The number of aromatic nitrogens is 1. The molecular formula is C17H15FN2O. The summed E-state index contributed by atoms with van der Waals surface area (Å²) < 4.78 is 19.0. The number of nitrogen functional groups attached to an aromatic ring is 1. The van der Waals surface area contributed by atoms with Gasteiger partial charge < -0.3 is 10.3 Å². The molecule has 1 heterocycles. The van der Waals surface area contributed by atoms with E-state index in [-0.39, 0.29) is 11.7 Å². The Hall–Kier alpha value is -2.62. The fourth-order valence-electron chi connectivity index (χ4n) is 2.37. The fraction of sp³-hybridized carbons (Fsp3) is 0.118. The van der Waals surface area contributed by atoms with Gasteiger partial charge in [0.1, 0.15) is 5.82 Å². The van der Waals surface area contributed by atoms with Gasteiger partial charge in [-0.05, 0) is 24.5 Å². The molecule has 3 nitrogen and oxygen atoms in total. The van der Waals surface area contributed by atoms with E-state index in [1.54, 1.807) is 18.2 Å². The molecule has 2 aromatic carbocycles. The van der Waals surface area contributed by atoms with Crippen molar-refractivity contribution in [3.63, 3.8) is 0 Å². The second-order valence-electron chi connectivity index (χ2n) is 4.83. The van der Waals surface area contributed by atoms with Gasteiger partial charge in [0.15, 0.2) is 0 Å². The number of halogens is 1. The van der Waals surface area contributed by atoms with Gasteiger partial charge in [0, 0.05) is 5.56 Å². The van der Waals surface area contributed by atoms with Crippen LogP contribution >= 0.6 is 0 Å². The van der Waals surface area contributed by atoms with Crippen LogP contribution in [0.3, 0.4) is 0 Å². The third-order valence-corrected chi connectivity index (χ3v) is 3.43. The zero-order valence-corrected chi connectivity index (χ0v) is 11.4. The minimum Gasteiger partial charge on any atom is -0.367 e. The van der Waals surface area contributed by atoms with Crippen molar-refractivity contribution >= 4 is 5.88 Å². The molecule has 0 spiro atoms. The lowest BCUT2D eigenvalue weighted by Gasteiger charge is -2.04. The number of rotatable bonds is 4. The number of nitrogens with zero attached hydrogens (tertiary/aromatic N) is 1. The molecule has 0 atom stereocenters. The van der Waals surface area contributed by atoms with Gasteiger partial charge in [0.25, 0.3) is 0 Å². The third-order valence-electron chi connectivity index (χ3n) is 3.43. The quantitative estimate of drug-likeness (QED) is 0.790. The molecule has 1 aromatic heterocycles. The zero-order valence-electron chi connectivity index (χ0n) is 11.4. The molecule has 0 fully saturated rings. The van der Waals surface area contributed by atoms with Gasteiger partial charge in [-0.1, -0.05) is 53.7 Å². The Morgan fingerprint density at radius 1 is 0.952 bits per heavy atom. The second kappa shape index (κ2) is 5.79. The maximum absolute atomic E-state index is 14.0. The summed E-state index contributed by atoms with van der Waals surface area (Å²) in [5, 5.41) is 3.98. The van der Waals surface area contributed by atoms with Crippen molar-refractivity contribution in [1.29, 1.82) is 0 Å². The van der Waals surface area contributed by atoms with Crippen molar-refractivity contribution in [2.75, 3.05) is 5.73 Å². The van der Waals surface area contributed by atoms with Gasteiger partial charge in [-0.3, -0.25) is 0 Å². The lowest BCUT2D eigenvalue weighted by atomic mass is 10.0. The van der Waals surface area contributed by atoms with Crippen molar-refractivity contribution in [2.45, 2.75) is 12.8 Å². The first-order valence-corrected chi connectivity index (χ1v) is 6.78. The first-order valence-electron chi connectivity index (χ1n) is 6.78. The van der Waals surface area contributed by atoms with Gasteiger partial charge in [0.2, 0.25) is 5.88 Å². The maximum atomic E-state index is 14.0. The summed E-state index contributed by atoms with van der Waals surface area (Å²) in [7, 11) is 0. The molecule has 4 heteroatoms. The number of anilines is 1. The van der Waals surface area contributed by atoms with Crippen LogP contribution in [0.5, 0.6) is 0 Å². The largest absolute Gasteiger partial charge is 0.367 e. The molecule has 0 radical (unpaired) electrons. The summed E-state index contributed by atoms with van der Waals surface area (Å²) in [6.45, 7) is 0. The van der Waals surface area contributed by atoms with Crippen molar-refractivity contribution in [3.05, 3.63) is 71.7 Å². The first kappa shape index (κ1) is 13.4. The second-order valence-corrected chi connectivity index (χ2v) is 4.83. The van der Waals surface area contributed by atoms with E-state index in [4.69, 9.17) is 10.3 Å². The summed E-state index contributed by atoms with van der Waals surface area (Å²) in [5.74, 6) is -0.170. The predicted molar refractivity (Wildman–Crippen MR) is 80.2 cm³/mol. The molecular weight excluding hydrogens is 267 g/mol. The minimum atomic E-state index is -0.326. The highest BCUT2D eigenvalue weighted by atomic mass is 19.1. The normalized spacial score (nSPS) is 10.7. The number of aryl methyl sites for hydroxylation is 2. The van der Waals surface area contributed by atoms with E-state index < -0.39 is 0 Å². The molecule has 0 unspecified atom stereocenters. The highest BCUT2D eigenvalue weighted by molar-refractivity contribution is 5.75. The molecule has 106 valence electrons. The molecule has 2 N–H and O–H groups in total. The SMILES string of the molecule is Nc1onc(CCc2ccccc2)c1-c1ccccc1F. The standard InChI is InChI=1S/C17H15FN2O/c18-14-9-5-4-8-13(14)16-15(20-21-17(16)19)11-10-12-6-2-1-3-7-12/h1-9H,10-11,19H2. The van der Waals surface area contributed by atoms with E-state index in [0.29, 0.717) is 23.2 Å². The topological polar surface area (TPSA) is 52.0 Å². The van der Waals surface area contributed by atoms with Crippen LogP contribution in [-0.2, 0) is 12.8 Å². The van der Waals surface area contributed by atoms with Crippen LogP contribution in [0.25, 0.3) is 11.1 Å². The number of nitrogens with two attached hydrogens (primary N) is 1. The summed E-state index contributed by atoms with van der Waals surface area (Å²) in [6.07, 6.45) is 1.45. The third kappa shape index (κ3) is 2.79. The zero-order chi connectivity index (χ0) is 14.7. The number of hydrogen-bond donors (Lipinski definition) is 1. The molecule has 3 rings (SSSR count). The van der Waals surface area contributed by atoms with Gasteiger partial charge in [0.05, 0.1) is 11.3 Å². The summed E-state index contributed by atoms with van der Waals surface area (Å²) >= 11 is 0. The summed E-state index contributed by atoms with van der Waals surface area (Å²) in [4.78, 5) is 0. The van der Waals surface area contributed by atoms with Crippen molar-refractivity contribution in [2.24, 2.45) is 0 Å². The average molecular weight is 282 g/mol. The predicted octanol–water partition coefficient (Wildman–Crippen LogP) is 3.85. The molecule has 0 aliphatic heterocycles. The highest BCUT2D eigenvalue weighted by Crippen LogP contribution is 2.32. The lowest BCUT2D eigenvalue weighted by Crippen LogP contribution is -1.96.